The Bertz CT molecular complexity index is 1280. The molecule has 2 aromatic heterocycles. The van der Waals surface area contributed by atoms with Gasteiger partial charge >= 0.3 is 0 Å². The number of aromatic nitrogens is 5. The third-order valence-corrected chi connectivity index (χ3v) is 6.26. The molecule has 9 heteroatoms. The van der Waals surface area contributed by atoms with Crippen LogP contribution in [0.4, 0.5) is 0 Å². The highest BCUT2D eigenvalue weighted by molar-refractivity contribution is 6.31. The summed E-state index contributed by atoms with van der Waals surface area (Å²) in [6.45, 7) is 4.44. The number of amides is 1. The van der Waals surface area contributed by atoms with Gasteiger partial charge in [0.05, 0.1) is 23.6 Å². The number of likely N-dealkylation sites (tertiary alicyclic amines) is 1. The normalized spacial score (nSPS) is 16.0. The molecule has 1 saturated heterocycles. The molecule has 1 aliphatic heterocycles. The van der Waals surface area contributed by atoms with E-state index < -0.39 is 0 Å². The number of hydrogen-bond acceptors (Lipinski definition) is 6. The minimum absolute atomic E-state index is 0.100. The summed E-state index contributed by atoms with van der Waals surface area (Å²) in [6, 6.07) is 11.0. The zero-order valence-electron chi connectivity index (χ0n) is 17.7. The smallest absolute Gasteiger partial charge is 0.257 e. The van der Waals surface area contributed by atoms with E-state index in [4.69, 9.17) is 16.1 Å². The lowest BCUT2D eigenvalue weighted by Gasteiger charge is -2.24. The van der Waals surface area contributed by atoms with E-state index in [9.17, 15) is 4.79 Å². The van der Waals surface area contributed by atoms with E-state index in [1.54, 1.807) is 17.3 Å². The first-order chi connectivity index (χ1) is 15.5. The summed E-state index contributed by atoms with van der Waals surface area (Å²) in [5, 5.41) is 13.2. The second kappa shape index (κ2) is 8.20. The van der Waals surface area contributed by atoms with Gasteiger partial charge in [0.25, 0.3) is 5.91 Å². The predicted octanol–water partition coefficient (Wildman–Crippen LogP) is 4.56. The topological polar surface area (TPSA) is 89.9 Å². The standard InChI is InChI=1S/C23H21ClN6O2/c1-14-6-3-9-18(30-25-11-12-26-30)20(14)23(31)29-13-5-10-19(29)22-27-21(28-32-22)16-7-4-8-17(24)15(16)2/h3-4,6-9,11-12,19H,5,10,13H2,1-2H3. The molecule has 1 amide bonds. The molecule has 1 unspecified atom stereocenters. The Morgan fingerprint density at radius 1 is 1.12 bits per heavy atom. The van der Waals surface area contributed by atoms with Crippen LogP contribution in [0, 0.1) is 13.8 Å². The fourth-order valence-corrected chi connectivity index (χ4v) is 4.35. The summed E-state index contributed by atoms with van der Waals surface area (Å²) in [7, 11) is 0. The van der Waals surface area contributed by atoms with E-state index in [1.165, 1.54) is 4.80 Å². The SMILES string of the molecule is Cc1cccc(-n2nccn2)c1C(=O)N1CCCC1c1nc(-c2cccc(Cl)c2C)no1. The van der Waals surface area contributed by atoms with Gasteiger partial charge in [-0.2, -0.15) is 20.0 Å². The van der Waals surface area contributed by atoms with Gasteiger partial charge in [-0.15, -0.1) is 0 Å². The molecule has 8 nitrogen and oxygen atoms in total. The molecule has 162 valence electrons. The molecule has 1 fully saturated rings. The van der Waals surface area contributed by atoms with E-state index in [2.05, 4.69) is 20.3 Å². The van der Waals surface area contributed by atoms with E-state index in [-0.39, 0.29) is 11.9 Å². The van der Waals surface area contributed by atoms with Crippen molar-refractivity contribution in [2.45, 2.75) is 32.7 Å². The van der Waals surface area contributed by atoms with Crippen molar-refractivity contribution in [1.82, 2.24) is 30.0 Å². The Morgan fingerprint density at radius 2 is 1.91 bits per heavy atom. The van der Waals surface area contributed by atoms with Gasteiger partial charge in [-0.3, -0.25) is 4.79 Å². The Balaban J connectivity index is 1.49. The van der Waals surface area contributed by atoms with Crippen molar-refractivity contribution in [3.63, 3.8) is 0 Å². The summed E-state index contributed by atoms with van der Waals surface area (Å²) in [5.41, 5.74) is 3.77. The van der Waals surface area contributed by atoms with Crippen molar-refractivity contribution < 1.29 is 9.32 Å². The van der Waals surface area contributed by atoms with Gasteiger partial charge in [-0.25, -0.2) is 0 Å². The molecule has 0 N–H and O–H groups in total. The average Bonchev–Trinajstić information content (AvgIpc) is 3.55. The average molecular weight is 449 g/mol. The van der Waals surface area contributed by atoms with Gasteiger partial charge in [0.15, 0.2) is 0 Å². The lowest BCUT2D eigenvalue weighted by molar-refractivity contribution is 0.0709. The Morgan fingerprint density at radius 3 is 2.72 bits per heavy atom. The summed E-state index contributed by atoms with van der Waals surface area (Å²) in [6.07, 6.45) is 4.79. The Kier molecular flexibility index (Phi) is 5.22. The lowest BCUT2D eigenvalue weighted by Crippen LogP contribution is -2.32. The van der Waals surface area contributed by atoms with Crippen LogP contribution in [-0.2, 0) is 0 Å². The van der Waals surface area contributed by atoms with Crippen LogP contribution in [0.25, 0.3) is 17.1 Å². The highest BCUT2D eigenvalue weighted by Crippen LogP contribution is 2.35. The van der Waals surface area contributed by atoms with Crippen LogP contribution >= 0.6 is 11.6 Å². The van der Waals surface area contributed by atoms with E-state index >= 15 is 0 Å². The van der Waals surface area contributed by atoms with Crippen LogP contribution < -0.4 is 0 Å². The zero-order valence-corrected chi connectivity index (χ0v) is 18.5. The van der Waals surface area contributed by atoms with Crippen LogP contribution in [0.15, 0.2) is 53.3 Å². The highest BCUT2D eigenvalue weighted by atomic mass is 35.5. The number of carbonyl (C=O) groups excluding carboxylic acids is 1. The number of nitrogens with zero attached hydrogens (tertiary/aromatic N) is 6. The summed E-state index contributed by atoms with van der Waals surface area (Å²) in [4.78, 5) is 21.6. The van der Waals surface area contributed by atoms with E-state index in [1.807, 2.05) is 50.2 Å². The van der Waals surface area contributed by atoms with Crippen LogP contribution in [0.3, 0.4) is 0 Å². The molecule has 0 aliphatic carbocycles. The van der Waals surface area contributed by atoms with Crippen molar-refractivity contribution in [3.05, 3.63) is 76.4 Å². The van der Waals surface area contributed by atoms with Gasteiger partial charge < -0.3 is 9.42 Å². The fourth-order valence-electron chi connectivity index (χ4n) is 4.18. The first-order valence-corrected chi connectivity index (χ1v) is 10.8. The molecular weight excluding hydrogens is 428 g/mol. The maximum absolute atomic E-state index is 13.7. The molecule has 3 heterocycles. The number of aryl methyl sites for hydroxylation is 1. The molecule has 32 heavy (non-hydrogen) atoms. The van der Waals surface area contributed by atoms with Gasteiger partial charge in [0.1, 0.15) is 6.04 Å². The van der Waals surface area contributed by atoms with Crippen molar-refractivity contribution in [1.29, 1.82) is 0 Å². The third-order valence-electron chi connectivity index (χ3n) is 5.85. The summed E-state index contributed by atoms with van der Waals surface area (Å²) >= 11 is 6.25. The number of benzene rings is 2. The van der Waals surface area contributed by atoms with Crippen LogP contribution in [-0.4, -0.2) is 42.5 Å². The van der Waals surface area contributed by atoms with E-state index in [0.717, 1.165) is 29.5 Å². The second-order valence-corrected chi connectivity index (χ2v) is 8.22. The largest absolute Gasteiger partial charge is 0.337 e. The second-order valence-electron chi connectivity index (χ2n) is 7.81. The number of halogens is 1. The first-order valence-electron chi connectivity index (χ1n) is 10.4. The summed E-state index contributed by atoms with van der Waals surface area (Å²) in [5.74, 6) is 0.797. The van der Waals surface area contributed by atoms with Crippen LogP contribution in [0.1, 0.15) is 46.3 Å². The van der Waals surface area contributed by atoms with Crippen molar-refractivity contribution >= 4 is 17.5 Å². The monoisotopic (exact) mass is 448 g/mol. The molecule has 0 bridgehead atoms. The minimum Gasteiger partial charge on any atom is -0.337 e. The van der Waals surface area contributed by atoms with Gasteiger partial charge in [-0.05, 0) is 49.9 Å². The van der Waals surface area contributed by atoms with Gasteiger partial charge in [0.2, 0.25) is 11.7 Å². The molecule has 4 aromatic rings. The molecule has 1 aliphatic rings. The molecular formula is C23H21ClN6O2. The molecule has 2 aromatic carbocycles. The first kappa shape index (κ1) is 20.4. The maximum Gasteiger partial charge on any atom is 0.257 e. The van der Waals surface area contributed by atoms with Gasteiger partial charge in [-0.1, -0.05) is 41.0 Å². The molecule has 1 atom stereocenters. The number of rotatable bonds is 4. The van der Waals surface area contributed by atoms with Crippen molar-refractivity contribution in [2.75, 3.05) is 6.54 Å². The zero-order chi connectivity index (χ0) is 22.2. The molecule has 5 rings (SSSR count). The third kappa shape index (κ3) is 3.46. The van der Waals surface area contributed by atoms with Gasteiger partial charge in [0, 0.05) is 17.1 Å². The van der Waals surface area contributed by atoms with Crippen LogP contribution in [0.2, 0.25) is 5.02 Å². The fraction of sp³-hybridized carbons (Fsp3) is 0.261. The number of hydrogen-bond donors (Lipinski definition) is 0. The minimum atomic E-state index is -0.290. The highest BCUT2D eigenvalue weighted by Gasteiger charge is 2.36. The number of carbonyl (C=O) groups is 1. The Labute approximate surface area is 189 Å². The lowest BCUT2D eigenvalue weighted by atomic mass is 10.0. The van der Waals surface area contributed by atoms with Crippen LogP contribution in [0.5, 0.6) is 0 Å². The predicted molar refractivity (Wildman–Crippen MR) is 119 cm³/mol. The molecule has 0 spiro atoms. The molecule has 0 saturated carbocycles. The van der Waals surface area contributed by atoms with Crippen molar-refractivity contribution in [2.24, 2.45) is 0 Å². The maximum atomic E-state index is 13.7. The quantitative estimate of drug-likeness (QED) is 0.454. The molecule has 0 radical (unpaired) electrons. The Hall–Kier alpha value is -3.52. The van der Waals surface area contributed by atoms with Crippen molar-refractivity contribution in [3.8, 4) is 17.1 Å². The summed E-state index contributed by atoms with van der Waals surface area (Å²) < 4.78 is 5.62. The van der Waals surface area contributed by atoms with E-state index in [0.29, 0.717) is 34.5 Å².